The van der Waals surface area contributed by atoms with Gasteiger partial charge in [-0.3, -0.25) is 14.3 Å². The van der Waals surface area contributed by atoms with Crippen LogP contribution in [0.2, 0.25) is 0 Å². The molecule has 0 aliphatic rings. The second kappa shape index (κ2) is 7.46. The first-order valence-electron chi connectivity index (χ1n) is 9.81. The lowest BCUT2D eigenvalue weighted by molar-refractivity contribution is 0.100. The molecule has 33 heavy (non-hydrogen) atoms. The maximum atomic E-state index is 14.8. The molecule has 0 aliphatic carbocycles. The Kier molecular flexibility index (Phi) is 4.57. The molecule has 0 fully saturated rings. The normalized spacial score (nSPS) is 11.1. The number of halogens is 2. The summed E-state index contributed by atoms with van der Waals surface area (Å²) in [5, 5.41) is 9.31. The Bertz CT molecular complexity index is 1650. The van der Waals surface area contributed by atoms with Gasteiger partial charge in [-0.1, -0.05) is 0 Å². The number of aryl methyl sites for hydroxylation is 1. The summed E-state index contributed by atoms with van der Waals surface area (Å²) in [5.74, 6) is -1.73. The van der Waals surface area contributed by atoms with Crippen LogP contribution in [0.15, 0.2) is 54.9 Å². The lowest BCUT2D eigenvalue weighted by Gasteiger charge is -2.12. The zero-order valence-corrected chi connectivity index (χ0v) is 17.2. The SMILES string of the molecule is Cc1nc2c(C(N)=O)cc(-c3ccnc(C#N)c3)cc2n1-c1ccnc2cc(F)cc(F)c12. The van der Waals surface area contributed by atoms with E-state index in [-0.39, 0.29) is 22.2 Å². The predicted octanol–water partition coefficient (Wildman–Crippen LogP) is 4.19. The number of rotatable bonds is 3. The average molecular weight is 440 g/mol. The summed E-state index contributed by atoms with van der Waals surface area (Å²) in [6.07, 6.45) is 2.94. The third kappa shape index (κ3) is 3.25. The van der Waals surface area contributed by atoms with Crippen molar-refractivity contribution in [2.24, 2.45) is 5.73 Å². The van der Waals surface area contributed by atoms with Crippen LogP contribution in [0.5, 0.6) is 0 Å². The molecule has 2 aromatic carbocycles. The Morgan fingerprint density at radius 2 is 1.85 bits per heavy atom. The third-order valence-corrected chi connectivity index (χ3v) is 5.38. The summed E-state index contributed by atoms with van der Waals surface area (Å²) in [5.41, 5.74) is 8.63. The first-order chi connectivity index (χ1) is 15.9. The van der Waals surface area contributed by atoms with Crippen LogP contribution in [-0.2, 0) is 0 Å². The van der Waals surface area contributed by atoms with Crippen molar-refractivity contribution in [2.75, 3.05) is 0 Å². The van der Waals surface area contributed by atoms with E-state index in [2.05, 4.69) is 15.0 Å². The fraction of sp³-hybridized carbons (Fsp3) is 0.0417. The van der Waals surface area contributed by atoms with Crippen molar-refractivity contribution in [3.05, 3.63) is 83.6 Å². The zero-order chi connectivity index (χ0) is 23.3. The lowest BCUT2D eigenvalue weighted by atomic mass is 10.0. The summed E-state index contributed by atoms with van der Waals surface area (Å²) in [6.45, 7) is 1.71. The molecule has 2 N–H and O–H groups in total. The molecule has 0 radical (unpaired) electrons. The number of hydrogen-bond donors (Lipinski definition) is 1. The molecule has 0 saturated carbocycles. The molecule has 3 heterocycles. The highest BCUT2D eigenvalue weighted by Crippen LogP contribution is 2.33. The van der Waals surface area contributed by atoms with Gasteiger partial charge in [-0.15, -0.1) is 0 Å². The minimum atomic E-state index is -0.770. The van der Waals surface area contributed by atoms with Crippen LogP contribution in [0.25, 0.3) is 38.8 Å². The summed E-state index contributed by atoms with van der Waals surface area (Å²) in [4.78, 5) is 24.9. The molecule has 0 saturated heterocycles. The Balaban J connectivity index is 1.88. The van der Waals surface area contributed by atoms with Gasteiger partial charge in [-0.05, 0) is 48.4 Å². The summed E-state index contributed by atoms with van der Waals surface area (Å²) >= 11 is 0. The quantitative estimate of drug-likeness (QED) is 0.452. The molecular formula is C24H14F2N6O. The topological polar surface area (TPSA) is 110 Å². The van der Waals surface area contributed by atoms with E-state index in [1.807, 2.05) is 6.07 Å². The fourth-order valence-corrected chi connectivity index (χ4v) is 4.00. The number of pyridine rings is 2. The summed E-state index contributed by atoms with van der Waals surface area (Å²) in [7, 11) is 0. The van der Waals surface area contributed by atoms with Crippen LogP contribution in [0, 0.1) is 29.9 Å². The van der Waals surface area contributed by atoms with E-state index in [9.17, 15) is 18.8 Å². The van der Waals surface area contributed by atoms with Crippen molar-refractivity contribution < 1.29 is 13.6 Å². The number of carbonyl (C=O) groups is 1. The number of carbonyl (C=O) groups excluding carboxylic acids is 1. The van der Waals surface area contributed by atoms with Crippen molar-refractivity contribution in [3.63, 3.8) is 0 Å². The summed E-state index contributed by atoms with van der Waals surface area (Å²) in [6, 6.07) is 12.2. The number of nitriles is 1. The standard InChI is InChI=1S/C24H14F2N6O/c1-12-31-23-17(24(28)33)7-14(13-2-4-29-16(6-13)11-27)8-21(23)32(12)20-3-5-30-19-10-15(25)9-18(26)22(19)20/h2-10H,1H3,(H2,28,33). The first-order valence-corrected chi connectivity index (χ1v) is 9.81. The van der Waals surface area contributed by atoms with E-state index in [0.717, 1.165) is 12.1 Å². The van der Waals surface area contributed by atoms with E-state index in [0.29, 0.717) is 33.7 Å². The van der Waals surface area contributed by atoms with Gasteiger partial charge in [0.2, 0.25) is 0 Å². The molecule has 5 rings (SSSR count). The van der Waals surface area contributed by atoms with Crippen molar-refractivity contribution >= 4 is 27.8 Å². The number of hydrogen-bond acceptors (Lipinski definition) is 5. The van der Waals surface area contributed by atoms with E-state index >= 15 is 0 Å². The Labute approximate surface area is 185 Å². The van der Waals surface area contributed by atoms with Crippen molar-refractivity contribution in [3.8, 4) is 22.9 Å². The van der Waals surface area contributed by atoms with Crippen LogP contribution in [0.3, 0.4) is 0 Å². The van der Waals surface area contributed by atoms with E-state index in [1.54, 1.807) is 41.8 Å². The zero-order valence-electron chi connectivity index (χ0n) is 17.2. The minimum absolute atomic E-state index is 0.114. The van der Waals surface area contributed by atoms with E-state index in [1.165, 1.54) is 12.4 Å². The number of nitrogens with zero attached hydrogens (tertiary/aromatic N) is 5. The monoisotopic (exact) mass is 440 g/mol. The Morgan fingerprint density at radius 3 is 2.61 bits per heavy atom. The fourth-order valence-electron chi connectivity index (χ4n) is 4.00. The van der Waals surface area contributed by atoms with Crippen LogP contribution < -0.4 is 5.73 Å². The third-order valence-electron chi connectivity index (χ3n) is 5.38. The van der Waals surface area contributed by atoms with Gasteiger partial charge in [0, 0.05) is 24.5 Å². The largest absolute Gasteiger partial charge is 0.366 e. The highest BCUT2D eigenvalue weighted by molar-refractivity contribution is 6.07. The number of benzene rings is 2. The molecule has 3 aromatic heterocycles. The maximum Gasteiger partial charge on any atom is 0.250 e. The number of nitrogens with two attached hydrogens (primary N) is 1. The number of primary amides is 1. The van der Waals surface area contributed by atoms with E-state index in [4.69, 9.17) is 5.73 Å². The van der Waals surface area contributed by atoms with Gasteiger partial charge in [0.15, 0.2) is 0 Å². The molecule has 160 valence electrons. The maximum absolute atomic E-state index is 14.8. The lowest BCUT2D eigenvalue weighted by Crippen LogP contribution is -2.12. The second-order valence-electron chi connectivity index (χ2n) is 7.40. The van der Waals surface area contributed by atoms with Crippen molar-refractivity contribution in [2.45, 2.75) is 6.92 Å². The Morgan fingerprint density at radius 1 is 1.06 bits per heavy atom. The van der Waals surface area contributed by atoms with Gasteiger partial charge in [0.05, 0.1) is 27.7 Å². The molecule has 7 nitrogen and oxygen atoms in total. The molecule has 0 spiro atoms. The second-order valence-corrected chi connectivity index (χ2v) is 7.40. The molecule has 9 heteroatoms. The molecule has 0 atom stereocenters. The van der Waals surface area contributed by atoms with Gasteiger partial charge in [-0.25, -0.2) is 18.7 Å². The predicted molar refractivity (Wildman–Crippen MR) is 117 cm³/mol. The molecule has 0 bridgehead atoms. The van der Waals surface area contributed by atoms with Crippen LogP contribution in [-0.4, -0.2) is 25.4 Å². The van der Waals surface area contributed by atoms with E-state index < -0.39 is 17.5 Å². The van der Waals surface area contributed by atoms with Gasteiger partial charge < -0.3 is 5.73 Å². The number of fused-ring (bicyclic) bond motifs is 2. The molecule has 1 amide bonds. The van der Waals surface area contributed by atoms with Crippen LogP contribution in [0.4, 0.5) is 8.78 Å². The average Bonchev–Trinajstić information content (AvgIpc) is 3.13. The summed E-state index contributed by atoms with van der Waals surface area (Å²) < 4.78 is 30.3. The molecule has 5 aromatic rings. The van der Waals surface area contributed by atoms with Crippen LogP contribution in [0.1, 0.15) is 21.9 Å². The number of aromatic nitrogens is 4. The van der Waals surface area contributed by atoms with Gasteiger partial charge >= 0.3 is 0 Å². The smallest absolute Gasteiger partial charge is 0.250 e. The molecule has 0 aliphatic heterocycles. The van der Waals surface area contributed by atoms with Crippen LogP contribution >= 0.6 is 0 Å². The van der Waals surface area contributed by atoms with Crippen molar-refractivity contribution in [1.29, 1.82) is 5.26 Å². The van der Waals surface area contributed by atoms with Crippen molar-refractivity contribution in [1.82, 2.24) is 19.5 Å². The molecule has 0 unspecified atom stereocenters. The molecular weight excluding hydrogens is 426 g/mol. The minimum Gasteiger partial charge on any atom is -0.366 e. The van der Waals surface area contributed by atoms with Gasteiger partial charge in [0.1, 0.15) is 34.7 Å². The van der Waals surface area contributed by atoms with Gasteiger partial charge in [0.25, 0.3) is 5.91 Å². The highest BCUT2D eigenvalue weighted by atomic mass is 19.1. The van der Waals surface area contributed by atoms with Gasteiger partial charge in [-0.2, -0.15) is 5.26 Å². The number of imidazole rings is 1. The Hall–Kier alpha value is -4.71. The number of amides is 1. The highest BCUT2D eigenvalue weighted by Gasteiger charge is 2.20. The first kappa shape index (κ1) is 20.2.